The van der Waals surface area contributed by atoms with Crippen LogP contribution < -0.4 is 5.32 Å². The highest BCUT2D eigenvalue weighted by molar-refractivity contribution is 5.78. The summed E-state index contributed by atoms with van der Waals surface area (Å²) in [5.41, 5.74) is 1.26. The second kappa shape index (κ2) is 8.80. The normalized spacial score (nSPS) is 15.5. The van der Waals surface area contributed by atoms with Crippen molar-refractivity contribution in [3.05, 3.63) is 35.9 Å². The van der Waals surface area contributed by atoms with Gasteiger partial charge in [-0.2, -0.15) is 0 Å². The van der Waals surface area contributed by atoms with Gasteiger partial charge in [-0.3, -0.25) is 9.69 Å². The lowest BCUT2D eigenvalue weighted by Gasteiger charge is -2.22. The van der Waals surface area contributed by atoms with E-state index >= 15 is 0 Å². The predicted molar refractivity (Wildman–Crippen MR) is 84.1 cm³/mol. The lowest BCUT2D eigenvalue weighted by atomic mass is 10.1. The summed E-state index contributed by atoms with van der Waals surface area (Å²) in [5, 5.41) is 12.3. The monoisotopic (exact) mass is 290 g/mol. The number of aliphatic hydroxyl groups excluding tert-OH is 1. The number of aliphatic hydroxyl groups is 1. The van der Waals surface area contributed by atoms with Gasteiger partial charge in [-0.25, -0.2) is 0 Å². The number of rotatable bonds is 8. The Bertz CT molecular complexity index is 416. The zero-order chi connectivity index (χ0) is 14.9. The van der Waals surface area contributed by atoms with Gasteiger partial charge in [0.15, 0.2) is 0 Å². The summed E-state index contributed by atoms with van der Waals surface area (Å²) in [6.07, 6.45) is 5.56. The second-order valence-corrected chi connectivity index (χ2v) is 5.78. The average Bonchev–Trinajstić information content (AvgIpc) is 2.99. The lowest BCUT2D eigenvalue weighted by Crippen LogP contribution is -2.42. The van der Waals surface area contributed by atoms with Gasteiger partial charge in [0.25, 0.3) is 0 Å². The number of hydrogen-bond donors (Lipinski definition) is 2. The molecule has 1 amide bonds. The molecular weight excluding hydrogens is 264 g/mol. The van der Waals surface area contributed by atoms with Crippen molar-refractivity contribution in [1.82, 2.24) is 10.2 Å². The zero-order valence-electron chi connectivity index (χ0n) is 12.6. The molecule has 1 aromatic carbocycles. The van der Waals surface area contributed by atoms with Gasteiger partial charge in [-0.15, -0.1) is 0 Å². The molecular formula is C17H26N2O2. The molecule has 2 rings (SSSR count). The molecule has 2 N–H and O–H groups in total. The largest absolute Gasteiger partial charge is 0.395 e. The van der Waals surface area contributed by atoms with Gasteiger partial charge in [-0.05, 0) is 24.8 Å². The van der Waals surface area contributed by atoms with E-state index in [2.05, 4.69) is 17.4 Å². The van der Waals surface area contributed by atoms with Crippen LogP contribution in [0.25, 0.3) is 0 Å². The molecule has 1 aromatic rings. The van der Waals surface area contributed by atoms with Gasteiger partial charge in [0.2, 0.25) is 5.91 Å². The molecule has 0 radical (unpaired) electrons. The lowest BCUT2D eigenvalue weighted by molar-refractivity contribution is -0.123. The van der Waals surface area contributed by atoms with Crippen LogP contribution in [0.5, 0.6) is 0 Å². The molecule has 21 heavy (non-hydrogen) atoms. The number of nitrogens with zero attached hydrogens (tertiary/aromatic N) is 1. The van der Waals surface area contributed by atoms with E-state index in [0.29, 0.717) is 19.1 Å². The zero-order valence-corrected chi connectivity index (χ0v) is 12.6. The molecule has 0 saturated heterocycles. The highest BCUT2D eigenvalue weighted by Gasteiger charge is 2.18. The van der Waals surface area contributed by atoms with Gasteiger partial charge in [0.05, 0.1) is 13.2 Å². The van der Waals surface area contributed by atoms with Gasteiger partial charge in [0, 0.05) is 19.1 Å². The number of nitrogens with one attached hydrogen (secondary N) is 1. The fourth-order valence-electron chi connectivity index (χ4n) is 2.89. The Morgan fingerprint density at radius 2 is 1.90 bits per heavy atom. The van der Waals surface area contributed by atoms with Crippen LogP contribution in [0.2, 0.25) is 0 Å². The highest BCUT2D eigenvalue weighted by Crippen LogP contribution is 2.17. The minimum Gasteiger partial charge on any atom is -0.395 e. The van der Waals surface area contributed by atoms with E-state index in [1.54, 1.807) is 0 Å². The fourth-order valence-corrected chi connectivity index (χ4v) is 2.89. The Balaban J connectivity index is 1.76. The van der Waals surface area contributed by atoms with Crippen LogP contribution in [0.15, 0.2) is 30.3 Å². The second-order valence-electron chi connectivity index (χ2n) is 5.78. The molecule has 116 valence electrons. The van der Waals surface area contributed by atoms with E-state index in [0.717, 1.165) is 25.8 Å². The molecule has 0 unspecified atom stereocenters. The molecule has 0 bridgehead atoms. The molecule has 0 aliphatic heterocycles. The van der Waals surface area contributed by atoms with Crippen LogP contribution in [-0.2, 0) is 11.2 Å². The van der Waals surface area contributed by atoms with Crippen molar-refractivity contribution in [2.24, 2.45) is 0 Å². The Kier molecular flexibility index (Phi) is 6.70. The quantitative estimate of drug-likeness (QED) is 0.764. The van der Waals surface area contributed by atoms with E-state index in [9.17, 15) is 4.79 Å². The molecule has 0 spiro atoms. The minimum atomic E-state index is 0.0865. The molecule has 1 aliphatic rings. The van der Waals surface area contributed by atoms with Crippen molar-refractivity contribution < 1.29 is 9.90 Å². The summed E-state index contributed by atoms with van der Waals surface area (Å²) in [4.78, 5) is 14.1. The first-order valence-corrected chi connectivity index (χ1v) is 7.94. The average molecular weight is 290 g/mol. The summed E-state index contributed by atoms with van der Waals surface area (Å²) in [5.74, 6) is 0.0865. The van der Waals surface area contributed by atoms with E-state index < -0.39 is 0 Å². The maximum Gasteiger partial charge on any atom is 0.234 e. The first kappa shape index (κ1) is 16.0. The Morgan fingerprint density at radius 1 is 1.19 bits per heavy atom. The fraction of sp³-hybridized carbons (Fsp3) is 0.588. The first-order chi connectivity index (χ1) is 10.3. The molecule has 1 fully saturated rings. The molecule has 4 heteroatoms. The third kappa shape index (κ3) is 5.86. The first-order valence-electron chi connectivity index (χ1n) is 7.94. The third-order valence-corrected chi connectivity index (χ3v) is 4.06. The van der Waals surface area contributed by atoms with Crippen LogP contribution in [0.1, 0.15) is 31.2 Å². The van der Waals surface area contributed by atoms with Gasteiger partial charge < -0.3 is 10.4 Å². The van der Waals surface area contributed by atoms with Crippen LogP contribution in [0, 0.1) is 0 Å². The number of carbonyl (C=O) groups is 1. The predicted octanol–water partition coefficient (Wildman–Crippen LogP) is 1.58. The van der Waals surface area contributed by atoms with Crippen LogP contribution >= 0.6 is 0 Å². The van der Waals surface area contributed by atoms with Crippen molar-refractivity contribution in [3.8, 4) is 0 Å². The van der Waals surface area contributed by atoms with Gasteiger partial charge >= 0.3 is 0 Å². The summed E-state index contributed by atoms with van der Waals surface area (Å²) in [7, 11) is 0. The van der Waals surface area contributed by atoms with Crippen molar-refractivity contribution in [2.75, 3.05) is 26.2 Å². The number of amides is 1. The van der Waals surface area contributed by atoms with E-state index in [1.165, 1.54) is 18.4 Å². The van der Waals surface area contributed by atoms with Crippen LogP contribution in [0.4, 0.5) is 0 Å². The van der Waals surface area contributed by atoms with E-state index in [4.69, 9.17) is 5.11 Å². The Labute approximate surface area is 127 Å². The van der Waals surface area contributed by atoms with Gasteiger partial charge in [-0.1, -0.05) is 43.2 Å². The summed E-state index contributed by atoms with van der Waals surface area (Å²) in [6, 6.07) is 10.6. The SMILES string of the molecule is O=C(CN(CCO)CCc1ccccc1)NC1CCCC1. The molecule has 0 heterocycles. The van der Waals surface area contributed by atoms with Crippen molar-refractivity contribution >= 4 is 5.91 Å². The van der Waals surface area contributed by atoms with Gasteiger partial charge in [0.1, 0.15) is 0 Å². The minimum absolute atomic E-state index is 0.0865. The molecule has 0 atom stereocenters. The van der Waals surface area contributed by atoms with Crippen molar-refractivity contribution in [1.29, 1.82) is 0 Å². The number of carbonyl (C=O) groups excluding carboxylic acids is 1. The van der Waals surface area contributed by atoms with Crippen molar-refractivity contribution in [2.45, 2.75) is 38.1 Å². The Hall–Kier alpha value is -1.39. The number of benzene rings is 1. The molecule has 0 aromatic heterocycles. The third-order valence-electron chi connectivity index (χ3n) is 4.06. The summed E-state index contributed by atoms with van der Waals surface area (Å²) >= 11 is 0. The maximum absolute atomic E-state index is 12.1. The summed E-state index contributed by atoms with van der Waals surface area (Å²) < 4.78 is 0. The molecule has 4 nitrogen and oxygen atoms in total. The maximum atomic E-state index is 12.1. The summed E-state index contributed by atoms with van der Waals surface area (Å²) in [6.45, 7) is 1.81. The highest BCUT2D eigenvalue weighted by atomic mass is 16.3. The smallest absolute Gasteiger partial charge is 0.234 e. The van der Waals surface area contributed by atoms with Crippen molar-refractivity contribution in [3.63, 3.8) is 0 Å². The van der Waals surface area contributed by atoms with E-state index in [-0.39, 0.29) is 12.5 Å². The van der Waals surface area contributed by atoms with Crippen LogP contribution in [0.3, 0.4) is 0 Å². The number of hydrogen-bond acceptors (Lipinski definition) is 3. The standard InChI is InChI=1S/C17H26N2O2/c20-13-12-19(11-10-15-6-2-1-3-7-15)14-17(21)18-16-8-4-5-9-16/h1-3,6-7,16,20H,4-5,8-14H2,(H,18,21). The van der Waals surface area contributed by atoms with Crippen LogP contribution in [-0.4, -0.2) is 48.2 Å². The molecule has 1 aliphatic carbocycles. The Morgan fingerprint density at radius 3 is 2.57 bits per heavy atom. The van der Waals surface area contributed by atoms with E-state index in [1.807, 2.05) is 23.1 Å². The topological polar surface area (TPSA) is 52.6 Å². The molecule has 1 saturated carbocycles.